The molecule has 16 heavy (non-hydrogen) atoms. The van der Waals surface area contributed by atoms with Crippen molar-refractivity contribution < 1.29 is 14.7 Å². The molecule has 3 heteroatoms. The Hall–Kier alpha value is -2.03. The molecule has 0 aliphatic heterocycles. The van der Waals surface area contributed by atoms with Crippen molar-refractivity contribution in [1.29, 1.82) is 0 Å². The number of rotatable bonds is 2. The molecule has 0 radical (unpaired) electrons. The van der Waals surface area contributed by atoms with E-state index in [9.17, 15) is 5.21 Å². The molecule has 0 atom stereocenters. The van der Waals surface area contributed by atoms with Gasteiger partial charge in [-0.25, -0.2) is 0 Å². The number of hydrogen-bond acceptors (Lipinski definition) is 2. The average Bonchev–Trinajstić information content (AvgIpc) is 2.31. The van der Waals surface area contributed by atoms with Gasteiger partial charge in [-0.05, 0) is 19.1 Å². The highest BCUT2D eigenvalue weighted by molar-refractivity contribution is 5.36. The highest BCUT2D eigenvalue weighted by Gasteiger charge is 2.13. The molecule has 0 unspecified atom stereocenters. The Morgan fingerprint density at radius 1 is 1.06 bits per heavy atom. The fourth-order valence-corrected chi connectivity index (χ4v) is 1.45. The molecule has 0 spiro atoms. The van der Waals surface area contributed by atoms with Gasteiger partial charge in [-0.1, -0.05) is 18.2 Å². The van der Waals surface area contributed by atoms with Crippen LogP contribution in [0, 0.1) is 13.8 Å². The molecule has 2 rings (SSSR count). The van der Waals surface area contributed by atoms with Crippen molar-refractivity contribution in [2.45, 2.75) is 13.8 Å². The normalized spacial score (nSPS) is 10.1. The molecule has 3 nitrogen and oxygen atoms in total. The summed E-state index contributed by atoms with van der Waals surface area (Å²) < 4.78 is 6.81. The Labute approximate surface area is 94.5 Å². The van der Waals surface area contributed by atoms with E-state index in [1.54, 1.807) is 12.3 Å². The second kappa shape index (κ2) is 4.23. The molecule has 0 saturated heterocycles. The zero-order valence-electron chi connectivity index (χ0n) is 9.34. The van der Waals surface area contributed by atoms with Gasteiger partial charge in [0.05, 0.1) is 11.6 Å². The molecule has 0 amide bonds. The van der Waals surface area contributed by atoms with Crippen LogP contribution in [0.25, 0.3) is 0 Å². The lowest BCUT2D eigenvalue weighted by atomic mass is 10.2. The maximum absolute atomic E-state index is 9.45. The highest BCUT2D eigenvalue weighted by atomic mass is 16.5. The molecule has 0 aliphatic carbocycles. The Morgan fingerprint density at radius 3 is 2.44 bits per heavy atom. The van der Waals surface area contributed by atoms with E-state index in [4.69, 9.17) is 4.74 Å². The van der Waals surface area contributed by atoms with Crippen LogP contribution in [0.5, 0.6) is 11.5 Å². The molecule has 1 aromatic carbocycles. The van der Waals surface area contributed by atoms with Crippen LogP contribution in [0.15, 0.2) is 42.6 Å². The molecule has 1 aromatic heterocycles. The summed E-state index contributed by atoms with van der Waals surface area (Å²) in [6, 6.07) is 11.3. The van der Waals surface area contributed by atoms with E-state index in [0.717, 1.165) is 27.5 Å². The third kappa shape index (κ3) is 1.98. The zero-order chi connectivity index (χ0) is 11.5. The summed E-state index contributed by atoms with van der Waals surface area (Å²) in [4.78, 5) is 0. The van der Waals surface area contributed by atoms with Crippen molar-refractivity contribution in [2.75, 3.05) is 0 Å². The van der Waals surface area contributed by atoms with Gasteiger partial charge in [0, 0.05) is 11.7 Å². The second-order valence-electron chi connectivity index (χ2n) is 3.65. The topological polar surface area (TPSA) is 33.3 Å². The molecule has 1 N–H and O–H groups in total. The second-order valence-corrected chi connectivity index (χ2v) is 3.65. The van der Waals surface area contributed by atoms with Gasteiger partial charge in [-0.3, -0.25) is 5.21 Å². The van der Waals surface area contributed by atoms with Crippen LogP contribution in [0.1, 0.15) is 11.3 Å². The Balaban J connectivity index is 2.33. The van der Waals surface area contributed by atoms with Crippen LogP contribution < -0.4 is 9.47 Å². The first-order valence-electron chi connectivity index (χ1n) is 5.12. The Morgan fingerprint density at radius 2 is 1.75 bits per heavy atom. The number of nitrogens with zero attached hydrogens (tertiary/aromatic N) is 1. The van der Waals surface area contributed by atoms with Gasteiger partial charge in [0.2, 0.25) is 11.9 Å². The van der Waals surface area contributed by atoms with E-state index in [1.807, 2.05) is 44.2 Å². The van der Waals surface area contributed by atoms with E-state index in [0.29, 0.717) is 0 Å². The smallest absolute Gasteiger partial charge is 0.237 e. The summed E-state index contributed by atoms with van der Waals surface area (Å²) in [5, 5.41) is 9.45. The number of hydrogen-bond donors (Lipinski definition) is 1. The van der Waals surface area contributed by atoms with E-state index in [-0.39, 0.29) is 0 Å². The largest absolute Gasteiger partial charge is 0.457 e. The third-order valence-corrected chi connectivity index (χ3v) is 2.59. The van der Waals surface area contributed by atoms with Crippen molar-refractivity contribution in [3.63, 3.8) is 0 Å². The molecular formula is C13H14NO2+. The first-order valence-corrected chi connectivity index (χ1v) is 5.12. The quantitative estimate of drug-likeness (QED) is 0.618. The summed E-state index contributed by atoms with van der Waals surface area (Å²) in [6.45, 7) is 3.76. The number of pyridine rings is 1. The van der Waals surface area contributed by atoms with E-state index in [1.165, 1.54) is 0 Å². The first kappa shape index (κ1) is 10.5. The lowest BCUT2D eigenvalue weighted by Gasteiger charge is -2.07. The van der Waals surface area contributed by atoms with Crippen LogP contribution in [0.3, 0.4) is 0 Å². The van der Waals surface area contributed by atoms with Crippen LogP contribution >= 0.6 is 0 Å². The monoisotopic (exact) mass is 216 g/mol. The first-order chi connectivity index (χ1) is 7.68. The standard InChI is InChI=1S/C13H14NO2/c1-10-11(2)14(15)9-8-13(10)16-12-6-4-3-5-7-12/h3-9,15H,1-2H3/q+1. The van der Waals surface area contributed by atoms with Gasteiger partial charge >= 0.3 is 0 Å². The van der Waals surface area contributed by atoms with Crippen LogP contribution in [-0.2, 0) is 0 Å². The number of benzene rings is 1. The van der Waals surface area contributed by atoms with E-state index in [2.05, 4.69) is 0 Å². The maximum Gasteiger partial charge on any atom is 0.237 e. The minimum Gasteiger partial charge on any atom is -0.457 e. The number of aromatic nitrogens is 1. The van der Waals surface area contributed by atoms with Crippen molar-refractivity contribution >= 4 is 0 Å². The van der Waals surface area contributed by atoms with E-state index < -0.39 is 0 Å². The maximum atomic E-state index is 9.45. The summed E-state index contributed by atoms with van der Waals surface area (Å²) in [6.07, 6.45) is 1.57. The fraction of sp³-hybridized carbons (Fsp3) is 0.154. The van der Waals surface area contributed by atoms with Crippen molar-refractivity contribution in [3.05, 3.63) is 53.9 Å². The molecule has 0 fully saturated rings. The van der Waals surface area contributed by atoms with Crippen LogP contribution in [0.2, 0.25) is 0 Å². The van der Waals surface area contributed by atoms with Gasteiger partial charge in [0.25, 0.3) is 0 Å². The van der Waals surface area contributed by atoms with Gasteiger partial charge in [-0.15, -0.1) is 0 Å². The average molecular weight is 216 g/mol. The lowest BCUT2D eigenvalue weighted by Crippen LogP contribution is -2.33. The molecule has 82 valence electrons. The predicted octanol–water partition coefficient (Wildman–Crippen LogP) is 2.62. The Kier molecular flexibility index (Phi) is 2.77. The summed E-state index contributed by atoms with van der Waals surface area (Å²) in [7, 11) is 0. The predicted molar refractivity (Wildman–Crippen MR) is 59.8 cm³/mol. The van der Waals surface area contributed by atoms with Crippen molar-refractivity contribution in [3.8, 4) is 11.5 Å². The highest BCUT2D eigenvalue weighted by Crippen LogP contribution is 2.24. The van der Waals surface area contributed by atoms with Gasteiger partial charge in [0.1, 0.15) is 11.5 Å². The fourth-order valence-electron chi connectivity index (χ4n) is 1.45. The molecule has 2 aromatic rings. The SMILES string of the molecule is Cc1c(Oc2ccccc2)cc[n+](O)c1C. The molecule has 0 aliphatic rings. The third-order valence-electron chi connectivity index (χ3n) is 2.59. The summed E-state index contributed by atoms with van der Waals surface area (Å²) in [5.74, 6) is 1.55. The number of ether oxygens (including phenoxy) is 1. The molecule has 0 bridgehead atoms. The molecule has 0 saturated carbocycles. The zero-order valence-corrected chi connectivity index (χ0v) is 9.34. The van der Waals surface area contributed by atoms with Gasteiger partial charge in [0.15, 0.2) is 0 Å². The lowest BCUT2D eigenvalue weighted by molar-refractivity contribution is -0.909. The van der Waals surface area contributed by atoms with Crippen molar-refractivity contribution in [2.24, 2.45) is 0 Å². The van der Waals surface area contributed by atoms with Gasteiger partial charge < -0.3 is 4.74 Å². The van der Waals surface area contributed by atoms with Crippen LogP contribution in [0.4, 0.5) is 0 Å². The molecular weight excluding hydrogens is 202 g/mol. The summed E-state index contributed by atoms with van der Waals surface area (Å²) >= 11 is 0. The number of para-hydroxylation sites is 1. The van der Waals surface area contributed by atoms with Crippen molar-refractivity contribution in [1.82, 2.24) is 0 Å². The van der Waals surface area contributed by atoms with Gasteiger partial charge in [-0.2, -0.15) is 0 Å². The van der Waals surface area contributed by atoms with E-state index >= 15 is 0 Å². The van der Waals surface area contributed by atoms with Crippen LogP contribution in [-0.4, -0.2) is 5.21 Å². The minimum absolute atomic E-state index is 0.758. The Bertz CT molecular complexity index is 495. The summed E-state index contributed by atoms with van der Waals surface area (Å²) in [5.41, 5.74) is 1.70. The minimum atomic E-state index is 0.758. The molecule has 1 heterocycles.